The van der Waals surface area contributed by atoms with E-state index in [1.807, 2.05) is 6.92 Å². The molecule has 0 saturated carbocycles. The lowest BCUT2D eigenvalue weighted by Gasteiger charge is -2.12. The highest BCUT2D eigenvalue weighted by Crippen LogP contribution is 2.26. The number of nitro groups is 1. The van der Waals surface area contributed by atoms with Crippen molar-refractivity contribution in [3.8, 4) is 17.2 Å². The quantitative estimate of drug-likeness (QED) is 0.478. The molecule has 154 valence electrons. The van der Waals surface area contributed by atoms with Gasteiger partial charge < -0.3 is 14.2 Å². The molecule has 0 spiro atoms. The standard InChI is InChI=1S/C18H18FN3O7/c1-2-27-15-5-3-4-6-16(15)29-11-18(24)21-20-17(23)10-28-12-7-8-14(22(25)26)13(19)9-12/h3-9H,2,10-11H2,1H3,(H,20,23)(H,21,24). The van der Waals surface area contributed by atoms with Gasteiger partial charge in [0.15, 0.2) is 24.7 Å². The van der Waals surface area contributed by atoms with Crippen molar-refractivity contribution in [2.75, 3.05) is 19.8 Å². The SMILES string of the molecule is CCOc1ccccc1OCC(=O)NNC(=O)COc1ccc([N+](=O)[O-])c(F)c1. The van der Waals surface area contributed by atoms with E-state index < -0.39 is 34.8 Å². The van der Waals surface area contributed by atoms with Gasteiger partial charge in [-0.25, -0.2) is 0 Å². The maximum atomic E-state index is 13.5. The lowest BCUT2D eigenvalue weighted by atomic mass is 10.3. The second-order valence-corrected chi connectivity index (χ2v) is 5.42. The molecular weight excluding hydrogens is 389 g/mol. The number of para-hydroxylation sites is 2. The minimum Gasteiger partial charge on any atom is -0.490 e. The summed E-state index contributed by atoms with van der Waals surface area (Å²) in [5.74, 6) is -1.68. The van der Waals surface area contributed by atoms with Crippen LogP contribution >= 0.6 is 0 Å². The van der Waals surface area contributed by atoms with Crippen molar-refractivity contribution in [1.29, 1.82) is 0 Å². The Morgan fingerprint density at radius 1 is 1.00 bits per heavy atom. The monoisotopic (exact) mass is 407 g/mol. The number of halogens is 1. The molecule has 0 aliphatic heterocycles. The summed E-state index contributed by atoms with van der Waals surface area (Å²) in [6, 6.07) is 9.65. The molecule has 0 fully saturated rings. The number of rotatable bonds is 9. The minimum absolute atomic E-state index is 0.0783. The first kappa shape index (κ1) is 21.4. The molecule has 2 aromatic carbocycles. The summed E-state index contributed by atoms with van der Waals surface area (Å²) >= 11 is 0. The Morgan fingerprint density at radius 3 is 2.14 bits per heavy atom. The maximum Gasteiger partial charge on any atom is 0.305 e. The zero-order valence-corrected chi connectivity index (χ0v) is 15.3. The molecule has 2 amide bonds. The third-order valence-corrected chi connectivity index (χ3v) is 3.33. The van der Waals surface area contributed by atoms with Gasteiger partial charge in [0, 0.05) is 12.1 Å². The van der Waals surface area contributed by atoms with Gasteiger partial charge in [-0.05, 0) is 25.1 Å². The maximum absolute atomic E-state index is 13.5. The molecule has 2 aromatic rings. The molecule has 0 unspecified atom stereocenters. The molecule has 0 radical (unpaired) electrons. The molecule has 0 aliphatic carbocycles. The van der Waals surface area contributed by atoms with Crippen molar-refractivity contribution >= 4 is 17.5 Å². The molecule has 0 heterocycles. The summed E-state index contributed by atoms with van der Waals surface area (Å²) in [5, 5.41) is 10.5. The van der Waals surface area contributed by atoms with Crippen LogP contribution in [0.3, 0.4) is 0 Å². The Balaban J connectivity index is 1.74. The van der Waals surface area contributed by atoms with E-state index in [-0.39, 0.29) is 12.4 Å². The van der Waals surface area contributed by atoms with E-state index in [4.69, 9.17) is 14.2 Å². The van der Waals surface area contributed by atoms with Crippen LogP contribution in [0.1, 0.15) is 6.92 Å². The van der Waals surface area contributed by atoms with Crippen LogP contribution in [-0.4, -0.2) is 36.6 Å². The number of ether oxygens (including phenoxy) is 3. The van der Waals surface area contributed by atoms with Crippen LogP contribution < -0.4 is 25.1 Å². The van der Waals surface area contributed by atoms with Crippen LogP contribution in [0.15, 0.2) is 42.5 Å². The predicted octanol–water partition coefficient (Wildman–Crippen LogP) is 1.74. The van der Waals surface area contributed by atoms with E-state index >= 15 is 0 Å². The lowest BCUT2D eigenvalue weighted by Crippen LogP contribution is -2.45. The fourth-order valence-corrected chi connectivity index (χ4v) is 2.07. The highest BCUT2D eigenvalue weighted by Gasteiger charge is 2.15. The molecule has 2 rings (SSSR count). The number of hydrogen-bond donors (Lipinski definition) is 2. The van der Waals surface area contributed by atoms with Crippen LogP contribution in [0, 0.1) is 15.9 Å². The number of hydrogen-bond acceptors (Lipinski definition) is 7. The van der Waals surface area contributed by atoms with Gasteiger partial charge in [0.05, 0.1) is 11.5 Å². The Labute approximate surface area is 164 Å². The Hall–Kier alpha value is -3.89. The summed E-state index contributed by atoms with van der Waals surface area (Å²) in [7, 11) is 0. The largest absolute Gasteiger partial charge is 0.490 e. The first-order valence-electron chi connectivity index (χ1n) is 8.39. The van der Waals surface area contributed by atoms with Crippen LogP contribution in [0.25, 0.3) is 0 Å². The number of nitrogens with zero attached hydrogens (tertiary/aromatic N) is 1. The highest BCUT2D eigenvalue weighted by atomic mass is 19.1. The number of nitro benzene ring substituents is 1. The van der Waals surface area contributed by atoms with Crippen LogP contribution in [0.4, 0.5) is 10.1 Å². The molecule has 0 atom stereocenters. The summed E-state index contributed by atoms with van der Waals surface area (Å²) in [6.07, 6.45) is 0. The molecule has 0 aliphatic rings. The number of hydrazine groups is 1. The summed E-state index contributed by atoms with van der Waals surface area (Å²) in [5.41, 5.74) is 3.52. The predicted molar refractivity (Wildman–Crippen MR) is 97.9 cm³/mol. The van der Waals surface area contributed by atoms with Gasteiger partial charge in [-0.2, -0.15) is 4.39 Å². The smallest absolute Gasteiger partial charge is 0.305 e. The molecule has 29 heavy (non-hydrogen) atoms. The van der Waals surface area contributed by atoms with Crippen molar-refractivity contribution in [2.45, 2.75) is 6.92 Å². The topological polar surface area (TPSA) is 129 Å². The normalized spacial score (nSPS) is 10.0. The van der Waals surface area contributed by atoms with Gasteiger partial charge in [-0.1, -0.05) is 12.1 Å². The number of carbonyl (C=O) groups excluding carboxylic acids is 2. The van der Waals surface area contributed by atoms with Gasteiger partial charge in [0.2, 0.25) is 5.82 Å². The van der Waals surface area contributed by atoms with E-state index in [1.165, 1.54) is 0 Å². The molecular formula is C18H18FN3O7. The lowest BCUT2D eigenvalue weighted by molar-refractivity contribution is -0.387. The Kier molecular flexibility index (Phi) is 7.71. The van der Waals surface area contributed by atoms with Crippen molar-refractivity contribution in [3.05, 3.63) is 58.4 Å². The summed E-state index contributed by atoms with van der Waals surface area (Å²) in [4.78, 5) is 33.1. The van der Waals surface area contributed by atoms with Crippen molar-refractivity contribution < 1.29 is 33.1 Å². The third kappa shape index (κ3) is 6.65. The van der Waals surface area contributed by atoms with Gasteiger partial charge in [-0.15, -0.1) is 0 Å². The van der Waals surface area contributed by atoms with E-state index in [1.54, 1.807) is 24.3 Å². The summed E-state index contributed by atoms with van der Waals surface area (Å²) in [6.45, 7) is 1.32. The molecule has 0 saturated heterocycles. The minimum atomic E-state index is -1.09. The van der Waals surface area contributed by atoms with Crippen LogP contribution in [-0.2, 0) is 9.59 Å². The average molecular weight is 407 g/mol. The first-order chi connectivity index (χ1) is 13.9. The highest BCUT2D eigenvalue weighted by molar-refractivity contribution is 5.83. The Bertz CT molecular complexity index is 892. The second kappa shape index (κ2) is 10.4. The number of amides is 2. The van der Waals surface area contributed by atoms with Gasteiger partial charge >= 0.3 is 5.69 Å². The molecule has 11 heteroatoms. The van der Waals surface area contributed by atoms with E-state index in [0.717, 1.165) is 18.2 Å². The van der Waals surface area contributed by atoms with E-state index in [2.05, 4.69) is 10.9 Å². The fraction of sp³-hybridized carbons (Fsp3) is 0.222. The molecule has 10 nitrogen and oxygen atoms in total. The van der Waals surface area contributed by atoms with Crippen molar-refractivity contribution in [2.24, 2.45) is 0 Å². The van der Waals surface area contributed by atoms with Gasteiger partial charge in [0.25, 0.3) is 11.8 Å². The number of nitrogens with one attached hydrogen (secondary N) is 2. The summed E-state index contributed by atoms with van der Waals surface area (Å²) < 4.78 is 29.2. The number of carbonyl (C=O) groups is 2. The van der Waals surface area contributed by atoms with E-state index in [9.17, 15) is 24.1 Å². The zero-order valence-electron chi connectivity index (χ0n) is 15.3. The second-order valence-electron chi connectivity index (χ2n) is 5.42. The van der Waals surface area contributed by atoms with Crippen molar-refractivity contribution in [3.63, 3.8) is 0 Å². The average Bonchev–Trinajstić information content (AvgIpc) is 2.70. The first-order valence-corrected chi connectivity index (χ1v) is 8.39. The van der Waals surface area contributed by atoms with Gasteiger partial charge in [0.1, 0.15) is 5.75 Å². The van der Waals surface area contributed by atoms with Crippen LogP contribution in [0.5, 0.6) is 17.2 Å². The molecule has 0 aromatic heterocycles. The van der Waals surface area contributed by atoms with Gasteiger partial charge in [-0.3, -0.25) is 30.6 Å². The molecule has 0 bridgehead atoms. The van der Waals surface area contributed by atoms with Crippen molar-refractivity contribution in [1.82, 2.24) is 10.9 Å². The van der Waals surface area contributed by atoms with Crippen LogP contribution in [0.2, 0.25) is 0 Å². The number of benzene rings is 2. The van der Waals surface area contributed by atoms with E-state index in [0.29, 0.717) is 18.1 Å². The molecule has 2 N–H and O–H groups in total. The zero-order chi connectivity index (χ0) is 21.2. The Morgan fingerprint density at radius 2 is 1.59 bits per heavy atom. The fourth-order valence-electron chi connectivity index (χ4n) is 2.07. The third-order valence-electron chi connectivity index (χ3n) is 3.33.